The lowest BCUT2D eigenvalue weighted by Crippen LogP contribution is -2.50. The van der Waals surface area contributed by atoms with Crippen molar-refractivity contribution in [2.75, 3.05) is 43.5 Å². The van der Waals surface area contributed by atoms with Crippen LogP contribution in [0.3, 0.4) is 0 Å². The molecule has 1 fully saturated rings. The SMILES string of the molecule is COc1nc(Nc2cc(-c3ccc([C@@H](C)NC(=O)c4nc(C(C)(C)C)no4)c(C)c3)ncn2)ccc1N1CCN(C(=O)OC(C)(C)C)CC1. The number of nitrogens with one attached hydrogen (secondary N) is 2. The van der Waals surface area contributed by atoms with Gasteiger partial charge >= 0.3 is 17.9 Å². The lowest BCUT2D eigenvalue weighted by atomic mass is 9.96. The molecule has 0 unspecified atom stereocenters. The molecule has 0 aliphatic carbocycles. The van der Waals surface area contributed by atoms with Gasteiger partial charge in [0, 0.05) is 43.2 Å². The van der Waals surface area contributed by atoms with Crippen LogP contribution in [0.2, 0.25) is 0 Å². The van der Waals surface area contributed by atoms with Gasteiger partial charge in [-0.3, -0.25) is 4.79 Å². The number of anilines is 3. The number of nitrogens with zero attached hydrogens (tertiary/aromatic N) is 7. The van der Waals surface area contributed by atoms with Crippen LogP contribution in [0.4, 0.5) is 22.1 Å². The highest BCUT2D eigenvalue weighted by atomic mass is 16.6. The van der Waals surface area contributed by atoms with Crippen LogP contribution in [0.1, 0.15) is 82.1 Å². The lowest BCUT2D eigenvalue weighted by molar-refractivity contribution is 0.0240. The van der Waals surface area contributed by atoms with Gasteiger partial charge in [0.15, 0.2) is 5.82 Å². The van der Waals surface area contributed by atoms with Crippen LogP contribution >= 0.6 is 0 Å². The van der Waals surface area contributed by atoms with Crippen molar-refractivity contribution in [3.63, 3.8) is 0 Å². The summed E-state index contributed by atoms with van der Waals surface area (Å²) in [6.07, 6.45) is 1.19. The zero-order valence-electron chi connectivity index (χ0n) is 29.6. The first-order valence-electron chi connectivity index (χ1n) is 16.2. The van der Waals surface area contributed by atoms with E-state index in [1.807, 2.05) is 91.8 Å². The molecule has 3 aromatic heterocycles. The van der Waals surface area contributed by atoms with Crippen LogP contribution in [0.15, 0.2) is 47.2 Å². The normalized spacial score (nSPS) is 14.3. The van der Waals surface area contributed by atoms with E-state index < -0.39 is 11.5 Å². The summed E-state index contributed by atoms with van der Waals surface area (Å²) in [5.41, 5.74) is 3.52. The second-order valence-electron chi connectivity index (χ2n) is 14.0. The summed E-state index contributed by atoms with van der Waals surface area (Å²) in [5, 5.41) is 10.1. The van der Waals surface area contributed by atoms with E-state index in [-0.39, 0.29) is 23.4 Å². The molecule has 14 nitrogen and oxygen atoms in total. The Morgan fingerprint density at radius 2 is 1.67 bits per heavy atom. The molecule has 1 atom stereocenters. The van der Waals surface area contributed by atoms with Gasteiger partial charge in [0.1, 0.15) is 29.3 Å². The summed E-state index contributed by atoms with van der Waals surface area (Å²) in [5.74, 6) is 1.57. The highest BCUT2D eigenvalue weighted by Crippen LogP contribution is 2.31. The minimum Gasteiger partial charge on any atom is -0.479 e. The number of hydrogen-bond acceptors (Lipinski definition) is 12. The number of carbonyl (C=O) groups is 2. The zero-order valence-corrected chi connectivity index (χ0v) is 29.6. The van der Waals surface area contributed by atoms with E-state index in [1.54, 1.807) is 12.0 Å². The van der Waals surface area contributed by atoms with Crippen LogP contribution < -0.4 is 20.3 Å². The van der Waals surface area contributed by atoms with Crippen LogP contribution in [0.25, 0.3) is 11.3 Å². The molecule has 49 heavy (non-hydrogen) atoms. The molecule has 260 valence electrons. The van der Waals surface area contributed by atoms with Gasteiger partial charge in [-0.2, -0.15) is 9.97 Å². The fourth-order valence-corrected chi connectivity index (χ4v) is 5.34. The van der Waals surface area contributed by atoms with Gasteiger partial charge in [-0.25, -0.2) is 14.8 Å². The summed E-state index contributed by atoms with van der Waals surface area (Å²) >= 11 is 0. The standard InChI is InChI=1S/C35H45N9O5/c1-21-18-23(10-11-24(21)22(2)38-29(45)31-41-32(42-49-31)34(3,4)5)25-19-28(37-20-36-25)39-27-13-12-26(30(40-27)47-9)43-14-16-44(17-15-43)33(46)48-35(6,7)8/h10-13,18-20,22H,14-17H2,1-9H3,(H,38,45)(H,36,37,39,40)/t22-/m1/s1. The first-order chi connectivity index (χ1) is 23.1. The van der Waals surface area contributed by atoms with E-state index >= 15 is 0 Å². The largest absolute Gasteiger partial charge is 0.479 e. The average Bonchev–Trinajstić information content (AvgIpc) is 3.56. The zero-order chi connectivity index (χ0) is 35.5. The third kappa shape index (κ3) is 8.61. The lowest BCUT2D eigenvalue weighted by Gasteiger charge is -2.37. The van der Waals surface area contributed by atoms with Gasteiger partial charge < -0.3 is 34.4 Å². The molecule has 2 amide bonds. The van der Waals surface area contributed by atoms with E-state index in [0.717, 1.165) is 28.1 Å². The molecule has 0 bridgehead atoms. The summed E-state index contributed by atoms with van der Waals surface area (Å²) < 4.78 is 16.4. The Hall–Kier alpha value is -5.27. The first kappa shape index (κ1) is 35.0. The number of aryl methyl sites for hydroxylation is 1. The number of amides is 2. The van der Waals surface area contributed by atoms with Crippen molar-refractivity contribution in [1.29, 1.82) is 0 Å². The van der Waals surface area contributed by atoms with E-state index in [2.05, 4.69) is 40.6 Å². The van der Waals surface area contributed by atoms with Crippen LogP contribution in [0.5, 0.6) is 5.88 Å². The third-order valence-electron chi connectivity index (χ3n) is 7.90. The molecule has 5 rings (SSSR count). The third-order valence-corrected chi connectivity index (χ3v) is 7.90. The minimum absolute atomic E-state index is 0.0630. The number of carbonyl (C=O) groups excluding carboxylic acids is 2. The molecule has 0 saturated carbocycles. The molecule has 1 aliphatic rings. The molecule has 1 aromatic carbocycles. The Kier molecular flexibility index (Phi) is 10.1. The minimum atomic E-state index is -0.535. The van der Waals surface area contributed by atoms with Gasteiger partial charge in [0.2, 0.25) is 5.88 Å². The summed E-state index contributed by atoms with van der Waals surface area (Å²) in [6, 6.07) is 11.3. The van der Waals surface area contributed by atoms with Crippen molar-refractivity contribution in [2.45, 2.75) is 72.4 Å². The molecule has 0 radical (unpaired) electrons. The van der Waals surface area contributed by atoms with Crippen molar-refractivity contribution in [3.8, 4) is 17.1 Å². The van der Waals surface area contributed by atoms with Gasteiger partial charge in [0.05, 0.1) is 18.8 Å². The number of pyridine rings is 1. The molecule has 14 heteroatoms. The van der Waals surface area contributed by atoms with E-state index in [1.165, 1.54) is 6.33 Å². The van der Waals surface area contributed by atoms with E-state index in [0.29, 0.717) is 49.5 Å². The fourth-order valence-electron chi connectivity index (χ4n) is 5.34. The second kappa shape index (κ2) is 14.1. The van der Waals surface area contributed by atoms with Crippen molar-refractivity contribution in [2.24, 2.45) is 0 Å². The average molecular weight is 672 g/mol. The molecule has 2 N–H and O–H groups in total. The Morgan fingerprint density at radius 3 is 2.31 bits per heavy atom. The van der Waals surface area contributed by atoms with Crippen molar-refractivity contribution < 1.29 is 23.6 Å². The maximum atomic E-state index is 12.8. The fraction of sp³-hybridized carbons (Fsp3) is 0.457. The van der Waals surface area contributed by atoms with Crippen molar-refractivity contribution in [3.05, 3.63) is 65.6 Å². The predicted octanol–water partition coefficient (Wildman–Crippen LogP) is 5.83. The maximum Gasteiger partial charge on any atom is 0.410 e. The van der Waals surface area contributed by atoms with Crippen LogP contribution in [0, 0.1) is 6.92 Å². The Balaban J connectivity index is 1.23. The Labute approximate surface area is 286 Å². The molecular weight excluding hydrogens is 626 g/mol. The monoisotopic (exact) mass is 671 g/mol. The summed E-state index contributed by atoms with van der Waals surface area (Å²) in [6.45, 7) is 17.7. The first-order valence-corrected chi connectivity index (χ1v) is 16.2. The molecule has 1 saturated heterocycles. The van der Waals surface area contributed by atoms with Gasteiger partial charge in [-0.1, -0.05) is 38.1 Å². The topological polar surface area (TPSA) is 161 Å². The number of piperazine rings is 1. The smallest absolute Gasteiger partial charge is 0.410 e. The number of ether oxygens (including phenoxy) is 2. The van der Waals surface area contributed by atoms with E-state index in [9.17, 15) is 9.59 Å². The predicted molar refractivity (Wildman–Crippen MR) is 185 cm³/mol. The number of methoxy groups -OCH3 is 1. The van der Waals surface area contributed by atoms with E-state index in [4.69, 9.17) is 14.0 Å². The molecule has 1 aliphatic heterocycles. The highest BCUT2D eigenvalue weighted by molar-refractivity contribution is 5.89. The second-order valence-corrected chi connectivity index (χ2v) is 14.0. The van der Waals surface area contributed by atoms with Gasteiger partial charge in [-0.05, 0) is 63.9 Å². The summed E-state index contributed by atoms with van der Waals surface area (Å²) in [4.78, 5) is 47.0. The molecule has 4 heterocycles. The number of rotatable bonds is 8. The Bertz CT molecular complexity index is 1800. The van der Waals surface area contributed by atoms with Crippen molar-refractivity contribution >= 4 is 29.3 Å². The number of hydrogen-bond donors (Lipinski definition) is 2. The van der Waals surface area contributed by atoms with Crippen LogP contribution in [-0.4, -0.2) is 80.9 Å². The highest BCUT2D eigenvalue weighted by Gasteiger charge is 2.28. The maximum absolute atomic E-state index is 12.8. The molecule has 0 spiro atoms. The Morgan fingerprint density at radius 1 is 0.939 bits per heavy atom. The number of aromatic nitrogens is 5. The number of benzene rings is 1. The molecular formula is C35H45N9O5. The van der Waals surface area contributed by atoms with Crippen LogP contribution in [-0.2, 0) is 10.2 Å². The molecule has 4 aromatic rings. The van der Waals surface area contributed by atoms with Gasteiger partial charge in [-0.15, -0.1) is 0 Å². The van der Waals surface area contributed by atoms with Crippen molar-refractivity contribution in [1.82, 2.24) is 35.3 Å². The quantitative estimate of drug-likeness (QED) is 0.231. The summed E-state index contributed by atoms with van der Waals surface area (Å²) in [7, 11) is 1.58. The van der Waals surface area contributed by atoms with Gasteiger partial charge in [0.25, 0.3) is 0 Å².